The number of rotatable bonds is 2. The van der Waals surface area contributed by atoms with Crippen LogP contribution in [0.5, 0.6) is 0 Å². The van der Waals surface area contributed by atoms with Gasteiger partial charge >= 0.3 is 0 Å². The van der Waals surface area contributed by atoms with Crippen molar-refractivity contribution in [2.75, 3.05) is 19.6 Å². The molecular formula is C18H25FN2. The van der Waals surface area contributed by atoms with Crippen molar-refractivity contribution in [1.82, 2.24) is 4.90 Å². The summed E-state index contributed by atoms with van der Waals surface area (Å²) in [5.74, 6) is 5.26. The fourth-order valence-corrected chi connectivity index (χ4v) is 2.81. The molecule has 0 bridgehead atoms. The second-order valence-corrected chi connectivity index (χ2v) is 6.61. The zero-order valence-corrected chi connectivity index (χ0v) is 13.1. The van der Waals surface area contributed by atoms with Gasteiger partial charge in [-0.25, -0.2) is 4.39 Å². The Bertz CT molecular complexity index is 540. The van der Waals surface area contributed by atoms with E-state index < -0.39 is 0 Å². The summed E-state index contributed by atoms with van der Waals surface area (Å²) in [5, 5.41) is 0. The van der Waals surface area contributed by atoms with Gasteiger partial charge in [0.15, 0.2) is 0 Å². The minimum Gasteiger partial charge on any atom is -0.320 e. The maximum atomic E-state index is 13.7. The summed E-state index contributed by atoms with van der Waals surface area (Å²) in [6, 6.07) is 5.23. The topological polar surface area (TPSA) is 29.3 Å². The zero-order chi connectivity index (χ0) is 15.3. The molecule has 0 radical (unpaired) electrons. The Labute approximate surface area is 127 Å². The van der Waals surface area contributed by atoms with Crippen molar-refractivity contribution in [3.05, 3.63) is 35.1 Å². The van der Waals surface area contributed by atoms with E-state index in [2.05, 4.69) is 30.6 Å². The Hall–Kier alpha value is -1.37. The third-order valence-electron chi connectivity index (χ3n) is 4.19. The van der Waals surface area contributed by atoms with Crippen molar-refractivity contribution in [2.45, 2.75) is 39.7 Å². The molecule has 0 atom stereocenters. The van der Waals surface area contributed by atoms with Crippen LogP contribution in [0.4, 0.5) is 4.39 Å². The number of hydrogen-bond donors (Lipinski definition) is 1. The smallest absolute Gasteiger partial charge is 0.138 e. The maximum absolute atomic E-state index is 13.7. The van der Waals surface area contributed by atoms with Crippen molar-refractivity contribution in [2.24, 2.45) is 11.1 Å². The van der Waals surface area contributed by atoms with Gasteiger partial charge in [0.2, 0.25) is 0 Å². The summed E-state index contributed by atoms with van der Waals surface area (Å²) in [6.07, 6.45) is 3.72. The van der Waals surface area contributed by atoms with Crippen molar-refractivity contribution in [1.29, 1.82) is 0 Å². The van der Waals surface area contributed by atoms with E-state index in [0.29, 0.717) is 11.0 Å². The molecule has 2 N–H and O–H groups in total. The highest BCUT2D eigenvalue weighted by atomic mass is 19.1. The van der Waals surface area contributed by atoms with E-state index in [1.54, 1.807) is 0 Å². The molecule has 1 aliphatic rings. The summed E-state index contributed by atoms with van der Waals surface area (Å²) >= 11 is 0. The third-order valence-corrected chi connectivity index (χ3v) is 4.19. The molecule has 0 saturated carbocycles. The molecule has 0 spiro atoms. The largest absolute Gasteiger partial charge is 0.320 e. The Morgan fingerprint density at radius 2 is 2.10 bits per heavy atom. The quantitative estimate of drug-likeness (QED) is 0.847. The molecule has 2 rings (SSSR count). The number of hydrogen-bond acceptors (Lipinski definition) is 2. The van der Waals surface area contributed by atoms with Crippen LogP contribution in [0.25, 0.3) is 0 Å². The second-order valence-electron chi connectivity index (χ2n) is 6.61. The molecule has 21 heavy (non-hydrogen) atoms. The summed E-state index contributed by atoms with van der Waals surface area (Å²) in [4.78, 5) is 2.46. The number of nitrogens with two attached hydrogens (primary N) is 1. The number of likely N-dealkylation sites (tertiary alicyclic amines) is 1. The SMILES string of the molecule is CC1(C)CCCN(Cc2ccc(F)c(C#CCN)c2)CC1. The summed E-state index contributed by atoms with van der Waals surface area (Å²) in [6.45, 7) is 8.03. The number of nitrogens with zero attached hydrogens (tertiary/aromatic N) is 1. The fourth-order valence-electron chi connectivity index (χ4n) is 2.81. The first-order chi connectivity index (χ1) is 10.00. The number of benzene rings is 1. The van der Waals surface area contributed by atoms with Crippen LogP contribution >= 0.6 is 0 Å². The van der Waals surface area contributed by atoms with E-state index in [9.17, 15) is 4.39 Å². The van der Waals surface area contributed by atoms with Gasteiger partial charge in [0.05, 0.1) is 12.1 Å². The van der Waals surface area contributed by atoms with Gasteiger partial charge in [-0.15, -0.1) is 0 Å². The molecule has 0 amide bonds. The summed E-state index contributed by atoms with van der Waals surface area (Å²) in [7, 11) is 0. The Kier molecular flexibility index (Phi) is 5.39. The first-order valence-electron chi connectivity index (χ1n) is 7.70. The third kappa shape index (κ3) is 4.84. The highest BCUT2D eigenvalue weighted by Crippen LogP contribution is 2.30. The average Bonchev–Trinajstić information content (AvgIpc) is 2.61. The molecule has 1 aromatic carbocycles. The molecular weight excluding hydrogens is 263 g/mol. The molecule has 1 fully saturated rings. The highest BCUT2D eigenvalue weighted by Gasteiger charge is 2.22. The van der Waals surface area contributed by atoms with E-state index in [1.165, 1.54) is 25.3 Å². The second kappa shape index (κ2) is 7.06. The van der Waals surface area contributed by atoms with Crippen molar-refractivity contribution < 1.29 is 4.39 Å². The van der Waals surface area contributed by atoms with Crippen LogP contribution in [0.1, 0.15) is 44.2 Å². The fraction of sp³-hybridized carbons (Fsp3) is 0.556. The van der Waals surface area contributed by atoms with E-state index >= 15 is 0 Å². The van der Waals surface area contributed by atoms with Gasteiger partial charge in [0.25, 0.3) is 0 Å². The lowest BCUT2D eigenvalue weighted by Crippen LogP contribution is -2.25. The summed E-state index contributed by atoms with van der Waals surface area (Å²) < 4.78 is 13.7. The molecule has 0 aliphatic carbocycles. The molecule has 0 unspecified atom stereocenters. The van der Waals surface area contributed by atoms with E-state index in [-0.39, 0.29) is 12.4 Å². The minimum absolute atomic E-state index is 0.255. The zero-order valence-electron chi connectivity index (χ0n) is 13.1. The van der Waals surface area contributed by atoms with Crippen LogP contribution in [-0.2, 0) is 6.54 Å². The minimum atomic E-state index is -0.267. The van der Waals surface area contributed by atoms with Gasteiger partial charge in [0.1, 0.15) is 5.82 Å². The summed E-state index contributed by atoms with van der Waals surface area (Å²) in [5.41, 5.74) is 7.37. The first-order valence-corrected chi connectivity index (χ1v) is 7.70. The molecule has 2 nitrogen and oxygen atoms in total. The van der Waals surface area contributed by atoms with Crippen LogP contribution in [0.3, 0.4) is 0 Å². The molecule has 3 heteroatoms. The highest BCUT2D eigenvalue weighted by molar-refractivity contribution is 5.38. The molecule has 1 aromatic rings. The van der Waals surface area contributed by atoms with E-state index in [4.69, 9.17) is 5.73 Å². The normalized spacial score (nSPS) is 18.7. The Morgan fingerprint density at radius 1 is 1.29 bits per heavy atom. The van der Waals surface area contributed by atoms with Crippen molar-refractivity contribution in [3.63, 3.8) is 0 Å². The molecule has 1 heterocycles. The monoisotopic (exact) mass is 288 g/mol. The lowest BCUT2D eigenvalue weighted by molar-refractivity contribution is 0.256. The molecule has 1 saturated heterocycles. The molecule has 114 valence electrons. The van der Waals surface area contributed by atoms with Crippen molar-refractivity contribution in [3.8, 4) is 11.8 Å². The van der Waals surface area contributed by atoms with E-state index in [0.717, 1.165) is 25.2 Å². The maximum Gasteiger partial charge on any atom is 0.138 e. The lowest BCUT2D eigenvalue weighted by Gasteiger charge is -2.23. The van der Waals surface area contributed by atoms with E-state index in [1.807, 2.05) is 12.1 Å². The van der Waals surface area contributed by atoms with Gasteiger partial charge in [-0.2, -0.15) is 0 Å². The lowest BCUT2D eigenvalue weighted by atomic mass is 9.85. The molecule has 0 aromatic heterocycles. The Balaban J connectivity index is 2.06. The standard InChI is InChI=1S/C18H25FN2/c1-18(2)8-4-11-21(12-9-18)14-15-6-7-17(19)16(13-15)5-3-10-20/h6-7,13H,4,8-12,14,20H2,1-2H3. The predicted molar refractivity (Wildman–Crippen MR) is 85.2 cm³/mol. The van der Waals surface area contributed by atoms with Crippen molar-refractivity contribution >= 4 is 0 Å². The average molecular weight is 288 g/mol. The van der Waals surface area contributed by atoms with Gasteiger partial charge in [-0.1, -0.05) is 31.8 Å². The molecule has 1 aliphatic heterocycles. The predicted octanol–water partition coefficient (Wildman–Crippen LogP) is 3.15. The van der Waals surface area contributed by atoms with Crippen LogP contribution in [0.15, 0.2) is 18.2 Å². The van der Waals surface area contributed by atoms with Crippen LogP contribution in [0, 0.1) is 23.1 Å². The van der Waals surface area contributed by atoms with Gasteiger partial charge in [0, 0.05) is 6.54 Å². The van der Waals surface area contributed by atoms with Gasteiger partial charge in [-0.3, -0.25) is 4.90 Å². The van der Waals surface area contributed by atoms with Crippen LogP contribution in [-0.4, -0.2) is 24.5 Å². The van der Waals surface area contributed by atoms with Crippen LogP contribution in [0.2, 0.25) is 0 Å². The van der Waals surface area contributed by atoms with Gasteiger partial charge in [-0.05, 0) is 55.5 Å². The number of halogens is 1. The first kappa shape index (κ1) is 16.0. The Morgan fingerprint density at radius 3 is 2.86 bits per heavy atom. The van der Waals surface area contributed by atoms with Gasteiger partial charge < -0.3 is 5.73 Å². The van der Waals surface area contributed by atoms with Crippen LogP contribution < -0.4 is 5.73 Å².